The molecular weight excluding hydrogens is 300 g/mol. The molecule has 4 heteroatoms. The Labute approximate surface area is 95.7 Å². The van der Waals surface area contributed by atoms with Crippen molar-refractivity contribution >= 4 is 37.8 Å². The smallest absolute Gasteiger partial charge is 0.320 e. The van der Waals surface area contributed by atoms with Crippen LogP contribution in [0.4, 0.5) is 0 Å². The van der Waals surface area contributed by atoms with Gasteiger partial charge in [-0.05, 0) is 12.8 Å². The summed E-state index contributed by atoms with van der Waals surface area (Å²) >= 11 is 7.05. The van der Waals surface area contributed by atoms with Gasteiger partial charge in [-0.25, -0.2) is 0 Å². The predicted octanol–water partition coefficient (Wildman–Crippen LogP) is 3.02. The van der Waals surface area contributed by atoms with Crippen LogP contribution in [0.2, 0.25) is 0 Å². The topological polar surface area (TPSA) is 26.3 Å². The van der Waals surface area contributed by atoms with Gasteiger partial charge in [0.25, 0.3) is 0 Å². The number of ether oxygens (including phenoxy) is 1. The minimum atomic E-state index is -0.217. The van der Waals surface area contributed by atoms with E-state index in [1.54, 1.807) is 0 Å². The van der Waals surface area contributed by atoms with Crippen molar-refractivity contribution in [1.29, 1.82) is 0 Å². The van der Waals surface area contributed by atoms with E-state index in [1.165, 1.54) is 26.4 Å². The van der Waals surface area contributed by atoms with Gasteiger partial charge >= 0.3 is 5.97 Å². The lowest BCUT2D eigenvalue weighted by molar-refractivity contribution is -0.140. The fourth-order valence-electron chi connectivity index (χ4n) is 1.71. The highest BCUT2D eigenvalue weighted by Gasteiger charge is 2.40. The van der Waals surface area contributed by atoms with Gasteiger partial charge in [0.2, 0.25) is 0 Å². The Kier molecular flexibility index (Phi) is 4.23. The Bertz CT molecular complexity index is 188. The van der Waals surface area contributed by atoms with Crippen molar-refractivity contribution in [3.63, 3.8) is 0 Å². The first-order chi connectivity index (χ1) is 6.10. The Hall–Kier alpha value is 0.430. The predicted molar refractivity (Wildman–Crippen MR) is 59.5 cm³/mol. The molecule has 0 radical (unpaired) electrons. The number of hydrogen-bond donors (Lipinski definition) is 0. The molecule has 1 aliphatic rings. The Morgan fingerprint density at radius 2 is 1.92 bits per heavy atom. The largest absolute Gasteiger partial charge is 0.468 e. The number of hydrogen-bond acceptors (Lipinski definition) is 2. The quantitative estimate of drug-likeness (QED) is 0.578. The molecular formula is C9H14Br2O2. The van der Waals surface area contributed by atoms with Crippen LogP contribution in [0.1, 0.15) is 32.1 Å². The van der Waals surface area contributed by atoms with E-state index in [2.05, 4.69) is 31.9 Å². The summed E-state index contributed by atoms with van der Waals surface area (Å²) in [5.74, 6) is -0.182. The summed E-state index contributed by atoms with van der Waals surface area (Å²) in [4.78, 5) is 11.1. The zero-order valence-electron chi connectivity index (χ0n) is 7.69. The summed E-state index contributed by atoms with van der Waals surface area (Å²) in [5.41, 5.74) is 0. The summed E-state index contributed by atoms with van der Waals surface area (Å²) in [6.45, 7) is 0. The molecule has 1 aliphatic carbocycles. The van der Waals surface area contributed by atoms with E-state index < -0.39 is 0 Å². The average molecular weight is 314 g/mol. The van der Waals surface area contributed by atoms with Crippen LogP contribution in [-0.4, -0.2) is 22.2 Å². The van der Waals surface area contributed by atoms with E-state index in [0.717, 1.165) is 12.8 Å². The number of carbonyl (C=O) groups is 1. The number of carbonyl (C=O) groups excluding carboxylic acids is 1. The van der Waals surface area contributed by atoms with Crippen LogP contribution in [0.15, 0.2) is 0 Å². The van der Waals surface area contributed by atoms with E-state index in [1.807, 2.05) is 0 Å². The lowest BCUT2D eigenvalue weighted by Crippen LogP contribution is -2.40. The van der Waals surface area contributed by atoms with Crippen LogP contribution in [0.5, 0.6) is 0 Å². The van der Waals surface area contributed by atoms with Crippen molar-refractivity contribution < 1.29 is 9.53 Å². The first-order valence-electron chi connectivity index (χ1n) is 4.51. The van der Waals surface area contributed by atoms with Crippen LogP contribution in [-0.2, 0) is 9.53 Å². The lowest BCUT2D eigenvalue weighted by atomic mass is 9.86. The second-order valence-corrected chi connectivity index (χ2v) is 5.98. The van der Waals surface area contributed by atoms with Gasteiger partial charge in [-0.3, -0.25) is 4.79 Å². The van der Waals surface area contributed by atoms with E-state index in [-0.39, 0.29) is 15.1 Å². The van der Waals surface area contributed by atoms with Crippen LogP contribution in [0.25, 0.3) is 0 Å². The third-order valence-corrected chi connectivity index (χ3v) is 5.66. The van der Waals surface area contributed by atoms with Gasteiger partial charge in [0.15, 0.2) is 0 Å². The van der Waals surface area contributed by atoms with Crippen molar-refractivity contribution in [3.8, 4) is 0 Å². The molecule has 1 fully saturated rings. The normalized spacial score (nSPS) is 23.6. The molecule has 0 aromatic heterocycles. The number of methoxy groups -OCH3 is 1. The molecule has 0 spiro atoms. The summed E-state index contributed by atoms with van der Waals surface area (Å²) in [6, 6.07) is 0. The maximum Gasteiger partial charge on any atom is 0.320 e. The molecule has 0 aromatic carbocycles. The minimum absolute atomic E-state index is 0.0850. The van der Waals surface area contributed by atoms with Gasteiger partial charge in [-0.2, -0.15) is 0 Å². The molecule has 0 aliphatic heterocycles. The van der Waals surface area contributed by atoms with Crippen molar-refractivity contribution in [2.24, 2.45) is 0 Å². The maximum absolute atomic E-state index is 11.3. The molecule has 76 valence electrons. The van der Waals surface area contributed by atoms with Gasteiger partial charge in [0.1, 0.15) is 4.83 Å². The molecule has 1 unspecified atom stereocenters. The zero-order valence-corrected chi connectivity index (χ0v) is 10.9. The maximum atomic E-state index is 11.3. The van der Waals surface area contributed by atoms with Crippen molar-refractivity contribution in [1.82, 2.24) is 0 Å². The summed E-state index contributed by atoms with van der Waals surface area (Å²) in [7, 11) is 1.43. The van der Waals surface area contributed by atoms with Crippen molar-refractivity contribution in [2.75, 3.05) is 7.11 Å². The zero-order chi connectivity index (χ0) is 9.90. The molecule has 13 heavy (non-hydrogen) atoms. The summed E-state index contributed by atoms with van der Waals surface area (Å²) in [6.07, 6.45) is 5.72. The Morgan fingerprint density at radius 1 is 1.38 bits per heavy atom. The molecule has 1 rings (SSSR count). The van der Waals surface area contributed by atoms with Crippen molar-refractivity contribution in [2.45, 2.75) is 41.3 Å². The third kappa shape index (κ3) is 2.69. The van der Waals surface area contributed by atoms with Gasteiger partial charge in [0, 0.05) is 4.32 Å². The molecule has 2 nitrogen and oxygen atoms in total. The van der Waals surface area contributed by atoms with E-state index in [4.69, 9.17) is 4.74 Å². The Balaban J connectivity index is 2.61. The van der Waals surface area contributed by atoms with E-state index in [9.17, 15) is 4.79 Å². The second-order valence-electron chi connectivity index (χ2n) is 3.48. The number of esters is 1. The monoisotopic (exact) mass is 312 g/mol. The molecule has 0 aromatic rings. The van der Waals surface area contributed by atoms with E-state index >= 15 is 0 Å². The SMILES string of the molecule is COC(=O)C(Br)C1(Br)CCCCC1. The van der Waals surface area contributed by atoms with Crippen LogP contribution in [0, 0.1) is 0 Å². The van der Waals surface area contributed by atoms with E-state index in [0.29, 0.717) is 0 Å². The molecule has 1 atom stereocenters. The second kappa shape index (κ2) is 4.78. The molecule has 0 heterocycles. The van der Waals surface area contributed by atoms with Crippen LogP contribution in [0.3, 0.4) is 0 Å². The van der Waals surface area contributed by atoms with Crippen LogP contribution < -0.4 is 0 Å². The molecule has 1 saturated carbocycles. The number of rotatable bonds is 2. The fourth-order valence-corrected chi connectivity index (χ4v) is 3.10. The molecule has 0 amide bonds. The first kappa shape index (κ1) is 11.5. The molecule has 0 bridgehead atoms. The highest BCUT2D eigenvalue weighted by atomic mass is 79.9. The Morgan fingerprint density at radius 3 is 2.38 bits per heavy atom. The number of alkyl halides is 2. The highest BCUT2D eigenvalue weighted by Crippen LogP contribution is 2.42. The lowest BCUT2D eigenvalue weighted by Gasteiger charge is -2.34. The summed E-state index contributed by atoms with van der Waals surface area (Å²) < 4.78 is 4.63. The van der Waals surface area contributed by atoms with Crippen LogP contribution >= 0.6 is 31.9 Å². The highest BCUT2D eigenvalue weighted by molar-refractivity contribution is 9.12. The standard InChI is InChI=1S/C9H14Br2O2/c1-13-8(12)7(10)9(11)5-3-2-4-6-9/h7H,2-6H2,1H3. The van der Waals surface area contributed by atoms with Gasteiger partial charge in [-0.1, -0.05) is 51.1 Å². The number of halogens is 2. The average Bonchev–Trinajstić information content (AvgIpc) is 2.16. The van der Waals surface area contributed by atoms with Gasteiger partial charge < -0.3 is 4.74 Å². The minimum Gasteiger partial charge on any atom is -0.468 e. The molecule has 0 N–H and O–H groups in total. The fraction of sp³-hybridized carbons (Fsp3) is 0.889. The third-order valence-electron chi connectivity index (χ3n) is 2.55. The summed E-state index contributed by atoms with van der Waals surface area (Å²) in [5, 5.41) is 0. The van der Waals surface area contributed by atoms with Crippen molar-refractivity contribution in [3.05, 3.63) is 0 Å². The van der Waals surface area contributed by atoms with Gasteiger partial charge in [0.05, 0.1) is 7.11 Å². The first-order valence-corrected chi connectivity index (χ1v) is 6.22. The van der Waals surface area contributed by atoms with Gasteiger partial charge in [-0.15, -0.1) is 0 Å². The molecule has 0 saturated heterocycles.